The fraction of sp³-hybridized carbons (Fsp3) is 0.636. The number of H-pyrrole nitrogens is 1. The van der Waals surface area contributed by atoms with Gasteiger partial charge in [-0.2, -0.15) is 0 Å². The van der Waals surface area contributed by atoms with Gasteiger partial charge in [-0.25, -0.2) is 4.79 Å². The molecule has 0 aliphatic carbocycles. The standard InChI is InChI=1S/C11H18N2O2/c1-5-8(4)9-6-10(14)13(7(2)3)11(15)12-9/h6-8H,5H2,1-4H3,(H,12,15)/t8-/m1/s1. The van der Waals surface area contributed by atoms with Gasteiger partial charge in [0.1, 0.15) is 0 Å². The van der Waals surface area contributed by atoms with E-state index in [4.69, 9.17) is 0 Å². The summed E-state index contributed by atoms with van der Waals surface area (Å²) < 4.78 is 1.23. The molecule has 15 heavy (non-hydrogen) atoms. The first-order chi connectivity index (χ1) is 6.97. The Labute approximate surface area is 89.0 Å². The fourth-order valence-corrected chi connectivity index (χ4v) is 1.50. The van der Waals surface area contributed by atoms with Gasteiger partial charge in [0.15, 0.2) is 0 Å². The maximum Gasteiger partial charge on any atom is 0.328 e. The topological polar surface area (TPSA) is 54.9 Å². The zero-order valence-corrected chi connectivity index (χ0v) is 9.70. The molecule has 0 amide bonds. The lowest BCUT2D eigenvalue weighted by Gasteiger charge is -2.12. The van der Waals surface area contributed by atoms with Gasteiger partial charge in [-0.1, -0.05) is 13.8 Å². The van der Waals surface area contributed by atoms with Gasteiger partial charge in [-0.15, -0.1) is 0 Å². The van der Waals surface area contributed by atoms with Crippen LogP contribution in [-0.2, 0) is 0 Å². The van der Waals surface area contributed by atoms with Gasteiger partial charge in [0.05, 0.1) is 0 Å². The Morgan fingerprint density at radius 3 is 2.33 bits per heavy atom. The number of hydrogen-bond acceptors (Lipinski definition) is 2. The lowest BCUT2D eigenvalue weighted by Crippen LogP contribution is -2.37. The zero-order chi connectivity index (χ0) is 11.6. The molecule has 0 spiro atoms. The molecule has 0 aromatic carbocycles. The molecule has 0 unspecified atom stereocenters. The third kappa shape index (κ3) is 2.37. The second kappa shape index (κ2) is 4.47. The fourth-order valence-electron chi connectivity index (χ4n) is 1.50. The van der Waals surface area contributed by atoms with E-state index in [-0.39, 0.29) is 23.2 Å². The highest BCUT2D eigenvalue weighted by atomic mass is 16.2. The first kappa shape index (κ1) is 11.8. The molecule has 1 aromatic rings. The Morgan fingerprint density at radius 1 is 1.33 bits per heavy atom. The summed E-state index contributed by atoms with van der Waals surface area (Å²) >= 11 is 0. The molecule has 1 heterocycles. The number of rotatable bonds is 3. The summed E-state index contributed by atoms with van der Waals surface area (Å²) in [5, 5.41) is 0. The van der Waals surface area contributed by atoms with Crippen molar-refractivity contribution >= 4 is 0 Å². The average molecular weight is 210 g/mol. The molecule has 4 nitrogen and oxygen atoms in total. The molecule has 84 valence electrons. The molecule has 0 saturated carbocycles. The summed E-state index contributed by atoms with van der Waals surface area (Å²) in [5.41, 5.74) is 0.196. The van der Waals surface area contributed by atoms with Gasteiger partial charge in [0.2, 0.25) is 0 Å². The van der Waals surface area contributed by atoms with Crippen LogP contribution in [0, 0.1) is 0 Å². The minimum absolute atomic E-state index is 0.104. The van der Waals surface area contributed by atoms with E-state index >= 15 is 0 Å². The molecule has 1 aromatic heterocycles. The minimum atomic E-state index is -0.312. The van der Waals surface area contributed by atoms with Gasteiger partial charge in [-0.05, 0) is 26.2 Å². The van der Waals surface area contributed by atoms with E-state index in [1.807, 2.05) is 27.7 Å². The number of aromatic amines is 1. The van der Waals surface area contributed by atoms with Crippen molar-refractivity contribution in [3.05, 3.63) is 32.6 Å². The molecular weight excluding hydrogens is 192 g/mol. The Hall–Kier alpha value is -1.32. The van der Waals surface area contributed by atoms with Gasteiger partial charge >= 0.3 is 5.69 Å². The van der Waals surface area contributed by atoms with Crippen molar-refractivity contribution < 1.29 is 0 Å². The molecule has 0 aliphatic heterocycles. The van der Waals surface area contributed by atoms with E-state index in [0.717, 1.165) is 12.1 Å². The summed E-state index contributed by atoms with van der Waals surface area (Å²) in [5.74, 6) is 0.215. The summed E-state index contributed by atoms with van der Waals surface area (Å²) in [7, 11) is 0. The second-order valence-electron chi connectivity index (χ2n) is 4.14. The average Bonchev–Trinajstić information content (AvgIpc) is 2.14. The highest BCUT2D eigenvalue weighted by Gasteiger charge is 2.10. The molecule has 0 radical (unpaired) electrons. The van der Waals surface area contributed by atoms with Crippen LogP contribution < -0.4 is 11.2 Å². The number of aromatic nitrogens is 2. The van der Waals surface area contributed by atoms with Crippen LogP contribution in [0.1, 0.15) is 51.8 Å². The van der Waals surface area contributed by atoms with Crippen LogP contribution in [-0.4, -0.2) is 9.55 Å². The molecule has 4 heteroatoms. The van der Waals surface area contributed by atoms with Crippen LogP contribution in [0.2, 0.25) is 0 Å². The number of nitrogens with one attached hydrogen (secondary N) is 1. The van der Waals surface area contributed by atoms with Crippen LogP contribution in [0.4, 0.5) is 0 Å². The molecule has 1 rings (SSSR count). The van der Waals surface area contributed by atoms with Crippen molar-refractivity contribution in [2.45, 2.75) is 46.1 Å². The third-order valence-electron chi connectivity index (χ3n) is 2.65. The van der Waals surface area contributed by atoms with Crippen molar-refractivity contribution in [3.63, 3.8) is 0 Å². The van der Waals surface area contributed by atoms with E-state index in [2.05, 4.69) is 4.98 Å². The Kier molecular flexibility index (Phi) is 3.50. The van der Waals surface area contributed by atoms with Gasteiger partial charge < -0.3 is 4.98 Å². The highest BCUT2D eigenvalue weighted by Crippen LogP contribution is 2.12. The normalized spacial score (nSPS) is 13.1. The van der Waals surface area contributed by atoms with E-state index in [1.165, 1.54) is 10.6 Å². The van der Waals surface area contributed by atoms with Crippen molar-refractivity contribution in [2.75, 3.05) is 0 Å². The van der Waals surface area contributed by atoms with Crippen LogP contribution in [0.3, 0.4) is 0 Å². The maximum atomic E-state index is 11.7. The maximum absolute atomic E-state index is 11.7. The predicted molar refractivity (Wildman–Crippen MR) is 60.4 cm³/mol. The molecule has 0 fully saturated rings. The molecule has 0 bridgehead atoms. The summed E-state index contributed by atoms with van der Waals surface area (Å²) in [6.07, 6.45) is 0.904. The van der Waals surface area contributed by atoms with Crippen molar-refractivity contribution in [2.24, 2.45) is 0 Å². The smallest absolute Gasteiger partial charge is 0.311 e. The highest BCUT2D eigenvalue weighted by molar-refractivity contribution is 5.05. The van der Waals surface area contributed by atoms with Gasteiger partial charge in [0.25, 0.3) is 5.56 Å². The number of hydrogen-bond donors (Lipinski definition) is 1. The summed E-state index contributed by atoms with van der Waals surface area (Å²) in [4.78, 5) is 26.1. The van der Waals surface area contributed by atoms with Gasteiger partial charge in [0, 0.05) is 17.8 Å². The number of nitrogens with zero attached hydrogens (tertiary/aromatic N) is 1. The summed E-state index contributed by atoms with van der Waals surface area (Å²) in [6.45, 7) is 7.65. The SMILES string of the molecule is CC[C@@H](C)c1cc(=O)n(C(C)C)c(=O)[nH]1. The lowest BCUT2D eigenvalue weighted by atomic mass is 10.1. The quantitative estimate of drug-likeness (QED) is 0.824. The Bertz CT molecular complexity index is 411. The van der Waals surface area contributed by atoms with Crippen molar-refractivity contribution in [3.8, 4) is 0 Å². The zero-order valence-electron chi connectivity index (χ0n) is 9.70. The molecular formula is C11H18N2O2. The lowest BCUT2D eigenvalue weighted by molar-refractivity contribution is 0.536. The largest absolute Gasteiger partial charge is 0.328 e. The first-order valence-corrected chi connectivity index (χ1v) is 5.33. The first-order valence-electron chi connectivity index (χ1n) is 5.33. The monoisotopic (exact) mass is 210 g/mol. The Morgan fingerprint density at radius 2 is 1.93 bits per heavy atom. The molecule has 1 atom stereocenters. The van der Waals surface area contributed by atoms with E-state index in [0.29, 0.717) is 0 Å². The predicted octanol–water partition coefficient (Wildman–Crippen LogP) is 1.63. The van der Waals surface area contributed by atoms with Crippen molar-refractivity contribution in [1.82, 2.24) is 9.55 Å². The van der Waals surface area contributed by atoms with Gasteiger partial charge in [-0.3, -0.25) is 9.36 Å². The van der Waals surface area contributed by atoms with E-state index in [9.17, 15) is 9.59 Å². The molecule has 1 N–H and O–H groups in total. The molecule has 0 aliphatic rings. The third-order valence-corrected chi connectivity index (χ3v) is 2.65. The van der Waals surface area contributed by atoms with Crippen LogP contribution >= 0.6 is 0 Å². The Balaban J connectivity index is 3.33. The van der Waals surface area contributed by atoms with Crippen LogP contribution in [0.5, 0.6) is 0 Å². The van der Waals surface area contributed by atoms with E-state index in [1.54, 1.807) is 0 Å². The van der Waals surface area contributed by atoms with Crippen LogP contribution in [0.25, 0.3) is 0 Å². The van der Waals surface area contributed by atoms with E-state index < -0.39 is 0 Å². The minimum Gasteiger partial charge on any atom is -0.311 e. The van der Waals surface area contributed by atoms with Crippen molar-refractivity contribution in [1.29, 1.82) is 0 Å². The summed E-state index contributed by atoms with van der Waals surface area (Å²) in [6, 6.07) is 1.42. The molecule has 0 saturated heterocycles. The van der Waals surface area contributed by atoms with Crippen LogP contribution in [0.15, 0.2) is 15.7 Å². The second-order valence-corrected chi connectivity index (χ2v) is 4.14.